The summed E-state index contributed by atoms with van der Waals surface area (Å²) in [6.45, 7) is 5.15. The van der Waals surface area contributed by atoms with E-state index in [1.165, 1.54) is 6.92 Å². The molecule has 378 valence electrons. The molecular weight excluding hydrogens is 883 g/mol. The summed E-state index contributed by atoms with van der Waals surface area (Å²) in [5.74, 6) is -5.67. The summed E-state index contributed by atoms with van der Waals surface area (Å²) in [5, 5.41) is 35.1. The minimum Gasteiger partial charge on any atom is -0.480 e. The van der Waals surface area contributed by atoms with E-state index in [0.29, 0.717) is 12.8 Å². The van der Waals surface area contributed by atoms with Crippen LogP contribution in [0.3, 0.4) is 0 Å². The molecule has 0 fully saturated rings. The lowest BCUT2D eigenvalue weighted by Crippen LogP contribution is -2.59. The van der Waals surface area contributed by atoms with Crippen LogP contribution < -0.4 is 38.1 Å². The lowest BCUT2D eigenvalue weighted by atomic mass is 9.98. The Labute approximate surface area is 406 Å². The number of primary amides is 2. The Balaban J connectivity index is 1.27. The van der Waals surface area contributed by atoms with Crippen molar-refractivity contribution in [2.75, 3.05) is 0 Å². The number of carbonyl (C=O) groups excluding carboxylic acids is 7. The molecule has 0 heterocycles. The molecule has 11 N–H and O–H groups in total. The van der Waals surface area contributed by atoms with Gasteiger partial charge in [-0.3, -0.25) is 33.6 Å². The van der Waals surface area contributed by atoms with Crippen LogP contribution in [0.2, 0.25) is 0 Å². The molecule has 1 unspecified atom stereocenters. The number of rotatable bonds is 34. The Hall–Kier alpha value is -6.36. The fraction of sp³-hybridized carbons (Fsp3) is 0.538. The van der Waals surface area contributed by atoms with Crippen LogP contribution >= 0.6 is 0 Å². The molecule has 0 aliphatic carbocycles. The Morgan fingerprint density at radius 3 is 1.55 bits per heavy atom. The second kappa shape index (κ2) is 30.9. The van der Waals surface area contributed by atoms with Gasteiger partial charge < -0.3 is 48.3 Å². The molecule has 0 saturated carbocycles. The lowest BCUT2D eigenvalue weighted by molar-refractivity contribution is -0.142. The first-order valence-corrected chi connectivity index (χ1v) is 24.4. The fourth-order valence-electron chi connectivity index (χ4n) is 8.14. The SMILES string of the molecule is CC(C)C[C@H](NC(=O)[C@@H](NC(=O)CCCCCCCCCCCCCCC(=O)N[C@@H](CC(N)=O)C(=O)N[C@@H](Cc1cccc2ccccc12)C(=O)O)C(C)O)C(=O)N[C@@H](Cc1ccccc1)C(N)=O. The Kier molecular flexibility index (Phi) is 25.5. The molecule has 0 radical (unpaired) electrons. The topological polar surface area (TPSA) is 289 Å². The first-order chi connectivity index (χ1) is 32.9. The van der Waals surface area contributed by atoms with Gasteiger partial charge in [0.15, 0.2) is 0 Å². The zero-order chi connectivity index (χ0) is 50.7. The number of carboxylic acid groups (broad SMARTS) is 1. The maximum Gasteiger partial charge on any atom is 0.326 e. The van der Waals surface area contributed by atoms with Gasteiger partial charge in [0.2, 0.25) is 41.4 Å². The third kappa shape index (κ3) is 22.1. The molecular formula is C52H75N7O10. The zero-order valence-electron chi connectivity index (χ0n) is 40.5. The number of nitrogens with one attached hydrogen (secondary N) is 5. The number of aliphatic carboxylic acids is 1. The number of aliphatic hydroxyl groups excluding tert-OH is 1. The van der Waals surface area contributed by atoms with Crippen molar-refractivity contribution in [1.82, 2.24) is 26.6 Å². The number of carboxylic acids is 1. The summed E-state index contributed by atoms with van der Waals surface area (Å²) in [7, 11) is 0. The first-order valence-electron chi connectivity index (χ1n) is 24.4. The van der Waals surface area contributed by atoms with Crippen molar-refractivity contribution in [2.45, 2.75) is 173 Å². The second-order valence-corrected chi connectivity index (χ2v) is 18.4. The molecule has 17 nitrogen and oxygen atoms in total. The average Bonchev–Trinajstić information content (AvgIpc) is 3.29. The van der Waals surface area contributed by atoms with Gasteiger partial charge in [-0.1, -0.05) is 151 Å². The van der Waals surface area contributed by atoms with Crippen molar-refractivity contribution in [2.24, 2.45) is 17.4 Å². The number of hydrogen-bond acceptors (Lipinski definition) is 9. The van der Waals surface area contributed by atoms with E-state index in [2.05, 4.69) is 26.6 Å². The van der Waals surface area contributed by atoms with E-state index in [-0.39, 0.29) is 43.9 Å². The van der Waals surface area contributed by atoms with E-state index in [1.54, 1.807) is 6.07 Å². The average molecular weight is 958 g/mol. The predicted molar refractivity (Wildman–Crippen MR) is 264 cm³/mol. The molecule has 17 heteroatoms. The monoisotopic (exact) mass is 958 g/mol. The Morgan fingerprint density at radius 1 is 0.522 bits per heavy atom. The van der Waals surface area contributed by atoms with Crippen molar-refractivity contribution in [3.63, 3.8) is 0 Å². The number of aliphatic hydroxyl groups is 1. The molecule has 0 aliphatic heterocycles. The lowest BCUT2D eigenvalue weighted by Gasteiger charge is -2.26. The van der Waals surface area contributed by atoms with Crippen LogP contribution in [0.1, 0.15) is 135 Å². The maximum absolute atomic E-state index is 13.3. The molecule has 3 rings (SSSR count). The van der Waals surface area contributed by atoms with Crippen LogP contribution in [-0.4, -0.2) is 93.8 Å². The number of benzene rings is 3. The summed E-state index contributed by atoms with van der Waals surface area (Å²) < 4.78 is 0. The van der Waals surface area contributed by atoms with E-state index in [4.69, 9.17) is 11.5 Å². The smallest absolute Gasteiger partial charge is 0.326 e. The number of fused-ring (bicyclic) bond motifs is 1. The molecule has 0 bridgehead atoms. The van der Waals surface area contributed by atoms with Gasteiger partial charge in [-0.05, 0) is 54.0 Å². The molecule has 3 aromatic rings. The minimum atomic E-state index is -1.30. The molecule has 0 aliphatic rings. The van der Waals surface area contributed by atoms with E-state index in [1.807, 2.05) is 80.6 Å². The van der Waals surface area contributed by atoms with E-state index >= 15 is 0 Å². The molecule has 7 amide bonds. The summed E-state index contributed by atoms with van der Waals surface area (Å²) in [6.07, 6.45) is 10.1. The van der Waals surface area contributed by atoms with Gasteiger partial charge in [0.05, 0.1) is 12.5 Å². The molecule has 6 atom stereocenters. The second-order valence-electron chi connectivity index (χ2n) is 18.4. The number of nitrogens with two attached hydrogens (primary N) is 2. The molecule has 0 spiro atoms. The van der Waals surface area contributed by atoms with Crippen molar-refractivity contribution < 1.29 is 48.6 Å². The van der Waals surface area contributed by atoms with Gasteiger partial charge in [0, 0.05) is 25.7 Å². The molecule has 0 saturated heterocycles. The number of amides is 7. The normalized spacial score (nSPS) is 13.8. The van der Waals surface area contributed by atoms with Crippen LogP contribution in [-0.2, 0) is 51.2 Å². The predicted octanol–water partition coefficient (Wildman–Crippen LogP) is 4.38. The minimum absolute atomic E-state index is 0.00613. The summed E-state index contributed by atoms with van der Waals surface area (Å²) in [5.41, 5.74) is 12.5. The highest BCUT2D eigenvalue weighted by atomic mass is 16.4. The maximum atomic E-state index is 13.3. The highest BCUT2D eigenvalue weighted by molar-refractivity contribution is 5.95. The van der Waals surface area contributed by atoms with Gasteiger partial charge in [-0.2, -0.15) is 0 Å². The van der Waals surface area contributed by atoms with Gasteiger partial charge in [0.1, 0.15) is 30.2 Å². The summed E-state index contributed by atoms with van der Waals surface area (Å²) >= 11 is 0. The number of unbranched alkanes of at least 4 members (excludes halogenated alkanes) is 11. The van der Waals surface area contributed by atoms with E-state index in [9.17, 15) is 48.6 Å². The largest absolute Gasteiger partial charge is 0.480 e. The number of carbonyl (C=O) groups is 8. The van der Waals surface area contributed by atoms with Gasteiger partial charge in [-0.15, -0.1) is 0 Å². The summed E-state index contributed by atoms with van der Waals surface area (Å²) in [4.78, 5) is 101. The van der Waals surface area contributed by atoms with Gasteiger partial charge in [0.25, 0.3) is 0 Å². The van der Waals surface area contributed by atoms with E-state index < -0.39 is 84.1 Å². The Bertz CT molecular complexity index is 2130. The van der Waals surface area contributed by atoms with Crippen molar-refractivity contribution >= 4 is 58.1 Å². The highest BCUT2D eigenvalue weighted by Gasteiger charge is 2.32. The van der Waals surface area contributed by atoms with Crippen LogP contribution in [0.25, 0.3) is 10.8 Å². The van der Waals surface area contributed by atoms with Crippen LogP contribution in [0.4, 0.5) is 0 Å². The molecule has 3 aromatic carbocycles. The van der Waals surface area contributed by atoms with Crippen LogP contribution in [0, 0.1) is 5.92 Å². The molecule has 0 aromatic heterocycles. The third-order valence-electron chi connectivity index (χ3n) is 11.9. The van der Waals surface area contributed by atoms with Crippen molar-refractivity contribution in [3.05, 3.63) is 83.9 Å². The standard InChI is InChI=1S/C52H75N7O10/c1-34(2)30-41(49(65)56-40(48(54)64)31-36-22-15-14-16-23-36)57-51(67)47(35(3)60)59-46(63)29-18-13-11-9-7-5-4-6-8-10-12-17-28-45(62)55-42(33-44(53)61)50(66)58-43(52(68)69)32-38-26-21-25-37-24-19-20-27-39(37)38/h14-16,19-27,34-35,40-43,47,60H,4-13,17-18,28-33H2,1-3H3,(H2,53,61)(H2,54,64)(H,55,62)(H,56,65)(H,57,67)(H,58,66)(H,59,63)(H,68,69)/t35?,40-,41-,42-,43-,47-/m0/s1. The van der Waals surface area contributed by atoms with Crippen LogP contribution in [0.15, 0.2) is 72.8 Å². The summed E-state index contributed by atoms with van der Waals surface area (Å²) in [6, 6.07) is 16.2. The van der Waals surface area contributed by atoms with Crippen molar-refractivity contribution in [1.29, 1.82) is 0 Å². The van der Waals surface area contributed by atoms with Gasteiger partial charge >= 0.3 is 5.97 Å². The fourth-order valence-corrected chi connectivity index (χ4v) is 8.14. The van der Waals surface area contributed by atoms with Crippen LogP contribution in [0.5, 0.6) is 0 Å². The molecule has 69 heavy (non-hydrogen) atoms. The highest BCUT2D eigenvalue weighted by Crippen LogP contribution is 2.20. The van der Waals surface area contributed by atoms with Crippen molar-refractivity contribution in [3.8, 4) is 0 Å². The zero-order valence-corrected chi connectivity index (χ0v) is 40.5. The third-order valence-corrected chi connectivity index (χ3v) is 11.9. The van der Waals surface area contributed by atoms with E-state index in [0.717, 1.165) is 86.1 Å². The number of hydrogen-bond donors (Lipinski definition) is 9. The quantitative estimate of drug-likeness (QED) is 0.0381. The first kappa shape index (κ1) is 57.0. The van der Waals surface area contributed by atoms with Gasteiger partial charge in [-0.25, -0.2) is 4.79 Å². The Morgan fingerprint density at radius 2 is 1.01 bits per heavy atom.